The van der Waals surface area contributed by atoms with E-state index >= 15 is 0 Å². The Morgan fingerprint density at radius 2 is 0.812 bits per heavy atom. The van der Waals surface area contributed by atoms with Crippen molar-refractivity contribution in [1.82, 2.24) is 0 Å². The van der Waals surface area contributed by atoms with Crippen molar-refractivity contribution in [1.29, 1.82) is 0 Å². The Morgan fingerprint density at radius 3 is 1.58 bits per heavy atom. The highest BCUT2D eigenvalue weighted by atomic mass is 32.1. The molecule has 12 aromatic carbocycles. The first-order chi connectivity index (χ1) is 34.2. The number of anilines is 3. The molecule has 2 heterocycles. The molecule has 3 heteroatoms. The van der Waals surface area contributed by atoms with Crippen molar-refractivity contribution in [2.45, 2.75) is 0 Å². The van der Waals surface area contributed by atoms with Crippen molar-refractivity contribution in [3.63, 3.8) is 0 Å². The number of para-hydroxylation sites is 1. The van der Waals surface area contributed by atoms with E-state index in [0.717, 1.165) is 39.0 Å². The summed E-state index contributed by atoms with van der Waals surface area (Å²) in [6.45, 7) is 0. The van der Waals surface area contributed by atoms with E-state index < -0.39 is 0 Å². The Labute approximate surface area is 403 Å². The van der Waals surface area contributed by atoms with Crippen LogP contribution >= 0.6 is 11.3 Å². The highest BCUT2D eigenvalue weighted by Gasteiger charge is 2.18. The van der Waals surface area contributed by atoms with E-state index in [2.05, 4.69) is 241 Å². The van der Waals surface area contributed by atoms with Crippen LogP contribution in [0, 0.1) is 0 Å². The predicted molar refractivity (Wildman–Crippen MR) is 296 cm³/mol. The summed E-state index contributed by atoms with van der Waals surface area (Å²) in [5, 5.41) is 12.2. The van der Waals surface area contributed by atoms with Crippen molar-refractivity contribution in [3.8, 4) is 44.5 Å². The SMILES string of the molecule is c1ccc(-c2cccc3cccc(-c4ccc(N(c5ccc6cc(-c7ccc8cc(-c9cccc%10c9sc9ccccc9%10)ccc8c7)ccc6c5)c5ccc6c(c5)oc5ccccc56)cc4)c23)cc1. The van der Waals surface area contributed by atoms with Crippen LogP contribution < -0.4 is 4.90 Å². The summed E-state index contributed by atoms with van der Waals surface area (Å²) in [6, 6.07) is 90.7. The summed E-state index contributed by atoms with van der Waals surface area (Å²) in [7, 11) is 0. The third kappa shape index (κ3) is 6.70. The molecule has 0 bridgehead atoms. The quantitative estimate of drug-likeness (QED) is 0.158. The fourth-order valence-corrected chi connectivity index (χ4v) is 11.9. The number of furan rings is 1. The van der Waals surface area contributed by atoms with Crippen LogP contribution in [0.2, 0.25) is 0 Å². The zero-order valence-electron chi connectivity index (χ0n) is 37.4. The van der Waals surface area contributed by atoms with Crippen LogP contribution in [0.4, 0.5) is 17.1 Å². The second kappa shape index (κ2) is 16.0. The molecule has 322 valence electrons. The lowest BCUT2D eigenvalue weighted by Gasteiger charge is -2.26. The first kappa shape index (κ1) is 39.4. The molecule has 0 unspecified atom stereocenters. The van der Waals surface area contributed by atoms with Crippen LogP contribution in [0.1, 0.15) is 0 Å². The monoisotopic (exact) mass is 895 g/mol. The van der Waals surface area contributed by atoms with Crippen molar-refractivity contribution in [3.05, 3.63) is 249 Å². The number of nitrogens with zero attached hydrogens (tertiary/aromatic N) is 1. The zero-order chi connectivity index (χ0) is 45.4. The molecule has 14 rings (SSSR count). The molecule has 2 nitrogen and oxygen atoms in total. The minimum atomic E-state index is 0.866. The average Bonchev–Trinajstić information content (AvgIpc) is 3.99. The molecule has 0 fully saturated rings. The molecule has 69 heavy (non-hydrogen) atoms. The van der Waals surface area contributed by atoms with Gasteiger partial charge in [-0.3, -0.25) is 0 Å². The van der Waals surface area contributed by atoms with Gasteiger partial charge in [-0.05, 0) is 144 Å². The highest BCUT2D eigenvalue weighted by Crippen LogP contribution is 2.44. The maximum absolute atomic E-state index is 6.46. The van der Waals surface area contributed by atoms with Gasteiger partial charge in [0.15, 0.2) is 0 Å². The third-order valence-electron chi connectivity index (χ3n) is 14.0. The Balaban J connectivity index is 0.828. The third-order valence-corrected chi connectivity index (χ3v) is 15.2. The molecule has 0 saturated carbocycles. The zero-order valence-corrected chi connectivity index (χ0v) is 38.3. The predicted octanol–water partition coefficient (Wildman–Crippen LogP) is 19.6. The van der Waals surface area contributed by atoms with Crippen LogP contribution in [0.25, 0.3) is 119 Å². The van der Waals surface area contributed by atoms with Crippen molar-refractivity contribution in [2.75, 3.05) is 4.90 Å². The molecule has 0 aliphatic heterocycles. The number of rotatable bonds is 7. The first-order valence-corrected chi connectivity index (χ1v) is 24.4. The number of benzene rings is 12. The largest absolute Gasteiger partial charge is 0.456 e. The van der Waals surface area contributed by atoms with Crippen LogP contribution in [0.5, 0.6) is 0 Å². The van der Waals surface area contributed by atoms with Crippen LogP contribution in [0.3, 0.4) is 0 Å². The fourth-order valence-electron chi connectivity index (χ4n) is 10.6. The summed E-state index contributed by atoms with van der Waals surface area (Å²) < 4.78 is 9.13. The molecular formula is C66H41NOS. The number of hydrogen-bond acceptors (Lipinski definition) is 3. The first-order valence-electron chi connectivity index (χ1n) is 23.5. The second-order valence-corrected chi connectivity index (χ2v) is 19.1. The Hall–Kier alpha value is -8.76. The minimum absolute atomic E-state index is 0.866. The smallest absolute Gasteiger partial charge is 0.137 e. The lowest BCUT2D eigenvalue weighted by atomic mass is 9.91. The van der Waals surface area contributed by atoms with E-state index in [-0.39, 0.29) is 0 Å². The standard InChI is InChI=1S/C66H41NOS/c1-2-11-42(12-3-1)55-17-8-13-44-14-9-18-56(65(44)55)43-29-32-52(33-30-43)67(54-35-36-59-58-15-4-6-21-62(58)68-63(59)41-54)53-34-31-49-38-46(25-26-50(49)40-53)45-23-24-48-39-51(28-27-47(48)37-45)57-19-10-20-61-60-16-5-7-22-64(60)69-66(57)61/h1-41H. The van der Waals surface area contributed by atoms with Gasteiger partial charge < -0.3 is 9.32 Å². The van der Waals surface area contributed by atoms with E-state index in [1.54, 1.807) is 0 Å². The van der Waals surface area contributed by atoms with Crippen LogP contribution in [-0.2, 0) is 0 Å². The van der Waals surface area contributed by atoms with Crippen molar-refractivity contribution >= 4 is 103 Å². The van der Waals surface area contributed by atoms with Gasteiger partial charge in [-0.1, -0.05) is 176 Å². The van der Waals surface area contributed by atoms with E-state index in [1.165, 1.54) is 97.0 Å². The minimum Gasteiger partial charge on any atom is -0.456 e. The lowest BCUT2D eigenvalue weighted by Crippen LogP contribution is -2.09. The maximum Gasteiger partial charge on any atom is 0.137 e. The molecule has 0 N–H and O–H groups in total. The molecular weight excluding hydrogens is 855 g/mol. The summed E-state index contributed by atoms with van der Waals surface area (Å²) in [5.41, 5.74) is 14.7. The lowest BCUT2D eigenvalue weighted by molar-refractivity contribution is 0.669. The molecule has 2 aromatic heterocycles. The van der Waals surface area contributed by atoms with E-state index in [0.29, 0.717) is 0 Å². The number of hydrogen-bond donors (Lipinski definition) is 0. The topological polar surface area (TPSA) is 16.4 Å². The number of fused-ring (bicyclic) bond motifs is 9. The van der Waals surface area contributed by atoms with Gasteiger partial charge in [0, 0.05) is 54.1 Å². The number of thiophene rings is 1. The van der Waals surface area contributed by atoms with Crippen LogP contribution in [0.15, 0.2) is 253 Å². The van der Waals surface area contributed by atoms with Gasteiger partial charge in [0.05, 0.1) is 0 Å². The Bertz CT molecular complexity index is 4310. The maximum atomic E-state index is 6.46. The van der Waals surface area contributed by atoms with Gasteiger partial charge in [0.2, 0.25) is 0 Å². The Kier molecular flexibility index (Phi) is 9.11. The van der Waals surface area contributed by atoms with E-state index in [4.69, 9.17) is 4.42 Å². The normalized spacial score (nSPS) is 11.8. The Morgan fingerprint density at radius 1 is 0.290 bits per heavy atom. The van der Waals surface area contributed by atoms with Gasteiger partial charge in [0.1, 0.15) is 11.2 Å². The fraction of sp³-hybridized carbons (Fsp3) is 0. The summed E-state index contributed by atoms with van der Waals surface area (Å²) in [6.07, 6.45) is 0. The molecule has 0 aliphatic carbocycles. The highest BCUT2D eigenvalue weighted by molar-refractivity contribution is 7.26. The second-order valence-electron chi connectivity index (χ2n) is 18.0. The van der Waals surface area contributed by atoms with Gasteiger partial charge in [0.25, 0.3) is 0 Å². The van der Waals surface area contributed by atoms with Crippen LogP contribution in [-0.4, -0.2) is 0 Å². The molecule has 0 amide bonds. The van der Waals surface area contributed by atoms with Gasteiger partial charge >= 0.3 is 0 Å². The van der Waals surface area contributed by atoms with E-state index in [1.807, 2.05) is 23.5 Å². The molecule has 14 aromatic rings. The van der Waals surface area contributed by atoms with E-state index in [9.17, 15) is 0 Å². The summed E-state index contributed by atoms with van der Waals surface area (Å²) in [4.78, 5) is 2.35. The van der Waals surface area contributed by atoms with Gasteiger partial charge in [-0.25, -0.2) is 0 Å². The average molecular weight is 896 g/mol. The molecule has 0 spiro atoms. The molecule has 0 aliphatic rings. The van der Waals surface area contributed by atoms with Gasteiger partial charge in [-0.15, -0.1) is 11.3 Å². The molecule has 0 atom stereocenters. The summed E-state index contributed by atoms with van der Waals surface area (Å²) >= 11 is 1.88. The van der Waals surface area contributed by atoms with Crippen molar-refractivity contribution in [2.24, 2.45) is 0 Å². The molecule has 0 saturated heterocycles. The molecule has 0 radical (unpaired) electrons. The van der Waals surface area contributed by atoms with Crippen molar-refractivity contribution < 1.29 is 4.42 Å². The summed E-state index contributed by atoms with van der Waals surface area (Å²) in [5.74, 6) is 0. The van der Waals surface area contributed by atoms with Gasteiger partial charge in [-0.2, -0.15) is 0 Å².